The van der Waals surface area contributed by atoms with E-state index in [0.717, 1.165) is 22.4 Å². The van der Waals surface area contributed by atoms with E-state index in [4.69, 9.17) is 9.47 Å². The van der Waals surface area contributed by atoms with E-state index in [1.54, 1.807) is 9.80 Å². The molecule has 1 aliphatic rings. The quantitative estimate of drug-likeness (QED) is 0.821. The predicted octanol–water partition coefficient (Wildman–Crippen LogP) is 3.21. The number of benzene rings is 1. The van der Waals surface area contributed by atoms with Crippen LogP contribution in [-0.2, 0) is 4.74 Å². The molecule has 0 unspecified atom stereocenters. The van der Waals surface area contributed by atoms with E-state index in [9.17, 15) is 9.59 Å². The lowest BCUT2D eigenvalue weighted by atomic mass is 10.1. The second kappa shape index (κ2) is 8.50. The minimum Gasteiger partial charge on any atom is -0.473 e. The average molecular weight is 377 g/mol. The lowest BCUT2D eigenvalue weighted by molar-refractivity contribution is 0.0168. The lowest BCUT2D eigenvalue weighted by Gasteiger charge is -2.35. The van der Waals surface area contributed by atoms with Crippen molar-refractivity contribution in [2.24, 2.45) is 0 Å². The number of amides is 3. The monoisotopic (exact) mass is 377 g/mol. The van der Waals surface area contributed by atoms with Gasteiger partial charge in [0, 0.05) is 26.2 Å². The molecule has 0 atom stereocenters. The van der Waals surface area contributed by atoms with Crippen LogP contribution in [0.2, 0.25) is 0 Å². The lowest BCUT2D eigenvalue weighted by Crippen LogP contribution is -2.54. The Balaban J connectivity index is 1.79. The molecule has 1 N–H and O–H groups in total. The number of ether oxygens (including phenoxy) is 2. The molecule has 0 radical (unpaired) electrons. The number of carbonyl (C=O) groups excluding carboxylic acids is 2. The van der Waals surface area contributed by atoms with E-state index in [1.165, 1.54) is 0 Å². The molecule has 27 heavy (non-hydrogen) atoms. The van der Waals surface area contributed by atoms with E-state index < -0.39 is 5.60 Å². The summed E-state index contributed by atoms with van der Waals surface area (Å²) in [7, 11) is 0. The van der Waals surface area contributed by atoms with Gasteiger partial charge >= 0.3 is 12.1 Å². The van der Waals surface area contributed by atoms with Crippen LogP contribution in [0, 0.1) is 20.8 Å². The van der Waals surface area contributed by atoms with Crippen molar-refractivity contribution in [3.8, 4) is 5.75 Å². The minimum atomic E-state index is -0.519. The van der Waals surface area contributed by atoms with Crippen molar-refractivity contribution in [3.63, 3.8) is 0 Å². The van der Waals surface area contributed by atoms with Crippen LogP contribution in [0.1, 0.15) is 37.5 Å². The van der Waals surface area contributed by atoms with Crippen LogP contribution < -0.4 is 10.1 Å². The molecular formula is C20H31N3O4. The zero-order valence-corrected chi connectivity index (χ0v) is 17.2. The first kappa shape index (κ1) is 20.9. The molecule has 0 saturated carbocycles. The zero-order valence-electron chi connectivity index (χ0n) is 17.2. The second-order valence-corrected chi connectivity index (χ2v) is 7.88. The number of aryl methyl sites for hydroxylation is 2. The van der Waals surface area contributed by atoms with Crippen LogP contribution in [0.15, 0.2) is 12.1 Å². The van der Waals surface area contributed by atoms with E-state index in [1.807, 2.05) is 47.6 Å². The van der Waals surface area contributed by atoms with Gasteiger partial charge < -0.3 is 24.6 Å². The molecule has 7 nitrogen and oxygen atoms in total. The van der Waals surface area contributed by atoms with Crippen molar-refractivity contribution in [2.45, 2.75) is 47.1 Å². The van der Waals surface area contributed by atoms with E-state index in [2.05, 4.69) is 11.4 Å². The topological polar surface area (TPSA) is 71.1 Å². The average Bonchev–Trinajstić information content (AvgIpc) is 2.60. The van der Waals surface area contributed by atoms with Gasteiger partial charge in [0.15, 0.2) is 6.73 Å². The van der Waals surface area contributed by atoms with Crippen LogP contribution in [-0.4, -0.2) is 60.4 Å². The maximum atomic E-state index is 12.3. The highest BCUT2D eigenvalue weighted by Crippen LogP contribution is 2.25. The Hall–Kier alpha value is -2.44. The Morgan fingerprint density at radius 2 is 1.56 bits per heavy atom. The summed E-state index contributed by atoms with van der Waals surface area (Å²) in [6.07, 6.45) is -0.337. The van der Waals surface area contributed by atoms with Crippen LogP contribution >= 0.6 is 0 Å². The number of hydrogen-bond acceptors (Lipinski definition) is 4. The van der Waals surface area contributed by atoms with E-state index in [0.29, 0.717) is 26.2 Å². The van der Waals surface area contributed by atoms with Gasteiger partial charge in [-0.1, -0.05) is 12.1 Å². The number of rotatable bonds is 3. The van der Waals surface area contributed by atoms with E-state index in [-0.39, 0.29) is 18.9 Å². The van der Waals surface area contributed by atoms with Gasteiger partial charge in [0.2, 0.25) is 0 Å². The smallest absolute Gasteiger partial charge is 0.410 e. The van der Waals surface area contributed by atoms with Crippen molar-refractivity contribution in [1.82, 2.24) is 15.1 Å². The Morgan fingerprint density at radius 1 is 1.00 bits per heavy atom. The Bertz CT molecular complexity index is 689. The predicted molar refractivity (Wildman–Crippen MR) is 104 cm³/mol. The summed E-state index contributed by atoms with van der Waals surface area (Å²) in [6.45, 7) is 13.5. The fourth-order valence-corrected chi connectivity index (χ4v) is 2.85. The molecule has 1 aliphatic heterocycles. The highest BCUT2D eigenvalue weighted by atomic mass is 16.6. The van der Waals surface area contributed by atoms with Gasteiger partial charge in [0.25, 0.3) is 0 Å². The van der Waals surface area contributed by atoms with Gasteiger partial charge in [0.1, 0.15) is 11.4 Å². The molecule has 1 fully saturated rings. The first-order chi connectivity index (χ1) is 12.6. The number of piperazine rings is 1. The molecule has 1 aromatic carbocycles. The number of nitrogens with zero attached hydrogens (tertiary/aromatic N) is 2. The first-order valence-electron chi connectivity index (χ1n) is 9.29. The van der Waals surface area contributed by atoms with Crippen LogP contribution in [0.25, 0.3) is 0 Å². The summed E-state index contributed by atoms with van der Waals surface area (Å²) >= 11 is 0. The van der Waals surface area contributed by atoms with Gasteiger partial charge in [-0.3, -0.25) is 0 Å². The van der Waals surface area contributed by atoms with Crippen LogP contribution in [0.4, 0.5) is 9.59 Å². The molecule has 0 aromatic heterocycles. The SMILES string of the molecule is Cc1ccc(C)c(OCNC(=O)N2CCN(C(=O)OC(C)(C)C)CC2)c1C. The van der Waals surface area contributed by atoms with Crippen LogP contribution in [0.3, 0.4) is 0 Å². The van der Waals surface area contributed by atoms with Gasteiger partial charge in [-0.2, -0.15) is 0 Å². The second-order valence-electron chi connectivity index (χ2n) is 7.88. The third-order valence-corrected chi connectivity index (χ3v) is 4.53. The first-order valence-corrected chi connectivity index (χ1v) is 9.29. The van der Waals surface area contributed by atoms with Crippen molar-refractivity contribution >= 4 is 12.1 Å². The van der Waals surface area contributed by atoms with Gasteiger partial charge in [-0.25, -0.2) is 9.59 Å². The molecule has 3 amide bonds. The fourth-order valence-electron chi connectivity index (χ4n) is 2.85. The summed E-state index contributed by atoms with van der Waals surface area (Å²) in [5.41, 5.74) is 2.75. The fraction of sp³-hybridized carbons (Fsp3) is 0.600. The summed E-state index contributed by atoms with van der Waals surface area (Å²) in [5.74, 6) is 0.810. The zero-order chi connectivity index (χ0) is 20.2. The normalized spacial score (nSPS) is 14.7. The Labute approximate surface area is 161 Å². The number of hydrogen-bond donors (Lipinski definition) is 1. The molecule has 1 saturated heterocycles. The summed E-state index contributed by atoms with van der Waals surface area (Å²) < 4.78 is 11.1. The highest BCUT2D eigenvalue weighted by Gasteiger charge is 2.27. The molecule has 7 heteroatoms. The minimum absolute atomic E-state index is 0.107. The third-order valence-electron chi connectivity index (χ3n) is 4.53. The maximum Gasteiger partial charge on any atom is 0.410 e. The molecular weight excluding hydrogens is 346 g/mol. The maximum absolute atomic E-state index is 12.3. The number of urea groups is 1. The van der Waals surface area contributed by atoms with Gasteiger partial charge in [-0.05, 0) is 58.2 Å². The third kappa shape index (κ3) is 5.77. The molecule has 2 rings (SSSR count). The molecule has 0 aliphatic carbocycles. The largest absolute Gasteiger partial charge is 0.473 e. The highest BCUT2D eigenvalue weighted by molar-refractivity contribution is 5.75. The van der Waals surface area contributed by atoms with Crippen molar-refractivity contribution in [1.29, 1.82) is 0 Å². The van der Waals surface area contributed by atoms with Gasteiger partial charge in [-0.15, -0.1) is 0 Å². The number of carbonyl (C=O) groups is 2. The van der Waals surface area contributed by atoms with Crippen molar-refractivity contribution in [3.05, 3.63) is 28.8 Å². The summed E-state index contributed by atoms with van der Waals surface area (Å²) in [6, 6.07) is 3.87. The van der Waals surface area contributed by atoms with Gasteiger partial charge in [0.05, 0.1) is 0 Å². The summed E-state index contributed by atoms with van der Waals surface area (Å²) in [5, 5.41) is 2.79. The standard InChI is InChI=1S/C20H31N3O4/c1-14-7-8-15(2)17(16(14)3)26-13-21-18(24)22-9-11-23(12-10-22)19(25)27-20(4,5)6/h7-8H,9-13H2,1-6H3,(H,21,24). The molecule has 0 spiro atoms. The molecule has 0 bridgehead atoms. The van der Waals surface area contributed by atoms with Crippen molar-refractivity contribution in [2.75, 3.05) is 32.9 Å². The Morgan fingerprint density at radius 3 is 2.15 bits per heavy atom. The molecule has 1 aromatic rings. The molecule has 150 valence electrons. The van der Waals surface area contributed by atoms with Crippen molar-refractivity contribution < 1.29 is 19.1 Å². The van der Waals surface area contributed by atoms with E-state index >= 15 is 0 Å². The Kier molecular flexibility index (Phi) is 6.57. The number of nitrogens with one attached hydrogen (secondary N) is 1. The van der Waals surface area contributed by atoms with Crippen LogP contribution in [0.5, 0.6) is 5.75 Å². The molecule has 1 heterocycles. The summed E-state index contributed by atoms with van der Waals surface area (Å²) in [4.78, 5) is 27.7.